The first-order valence-electron chi connectivity index (χ1n) is 31.7. The van der Waals surface area contributed by atoms with E-state index in [0.29, 0.717) is 38.1 Å². The third kappa shape index (κ3) is 8.91. The van der Waals surface area contributed by atoms with Crippen LogP contribution in [0.4, 0.5) is 0 Å². The van der Waals surface area contributed by atoms with Gasteiger partial charge in [-0.05, 0) is 126 Å². The summed E-state index contributed by atoms with van der Waals surface area (Å²) < 4.78 is 97.2. The smallest absolute Gasteiger partial charge is 0.455 e. The van der Waals surface area contributed by atoms with Gasteiger partial charge in [0.2, 0.25) is 0 Å². The Morgan fingerprint density at radius 1 is 0.305 bits per heavy atom. The Hall–Kier alpha value is -9.82. The summed E-state index contributed by atoms with van der Waals surface area (Å²) in [4.78, 5) is 0. The molecule has 0 aliphatic heterocycles. The van der Waals surface area contributed by atoms with Gasteiger partial charge in [-0.3, -0.25) is 0 Å². The zero-order valence-electron chi connectivity index (χ0n) is 53.6. The molecule has 0 amide bonds. The van der Waals surface area contributed by atoms with Crippen molar-refractivity contribution in [2.75, 3.05) is 0 Å². The maximum Gasteiger partial charge on any atom is 0.489 e. The van der Waals surface area contributed by atoms with Gasteiger partial charge in [-0.2, -0.15) is 0 Å². The second-order valence-electron chi connectivity index (χ2n) is 19.7. The van der Waals surface area contributed by atoms with Crippen molar-refractivity contribution in [2.24, 2.45) is 0 Å². The van der Waals surface area contributed by atoms with Gasteiger partial charge in [-0.1, -0.05) is 273 Å². The van der Waals surface area contributed by atoms with Gasteiger partial charge in [0.1, 0.15) is 22.7 Å². The van der Waals surface area contributed by atoms with Gasteiger partial charge in [-0.15, -0.1) is 0 Å². The maximum absolute atomic E-state index is 10.0. The van der Waals surface area contributed by atoms with Crippen LogP contribution < -0.4 is 5.46 Å². The molecule has 14 aromatic carbocycles. The Bertz CT molecular complexity index is 5510. The predicted octanol–water partition coefficient (Wildman–Crippen LogP) is 20.2. The molecule has 4 nitrogen and oxygen atoms in total. The minimum absolute atomic E-state index is 0.0948. The fraction of sp³-hybridized carbons (Fsp3) is 0. The number of hydrogen-bond donors (Lipinski definition) is 2. The van der Waals surface area contributed by atoms with Crippen LogP contribution >= 0.6 is 15.9 Å². The molecule has 0 aliphatic carbocycles. The highest BCUT2D eigenvalue weighted by molar-refractivity contribution is 9.10. The molecule has 388 valence electrons. The third-order valence-electron chi connectivity index (χ3n) is 15.1. The molecule has 2 N–H and O–H groups in total. The van der Waals surface area contributed by atoms with Crippen LogP contribution in [0.2, 0.25) is 0 Å². The lowest BCUT2D eigenvalue weighted by Gasteiger charge is -2.18. The largest absolute Gasteiger partial charge is 0.489 e. The minimum atomic E-state index is -1.72. The Morgan fingerprint density at radius 2 is 0.634 bits per heavy atom. The van der Waals surface area contributed by atoms with E-state index in [1.807, 2.05) is 103 Å². The number of benzene rings is 14. The number of hydrogen-bond acceptors (Lipinski definition) is 4. The third-order valence-corrected chi connectivity index (χ3v) is 15.9. The quantitative estimate of drug-likeness (QED) is 0.129. The monoisotopic (exact) mass is 1130 g/mol. The molecule has 0 unspecified atom stereocenters. The molecule has 0 fully saturated rings. The summed E-state index contributed by atoms with van der Waals surface area (Å²) >= 11 is 3.68. The molecule has 0 saturated carbocycles. The standard InChI is InChI=1S/C38H24O.C20H15BO2.C18H11BrO/c1-2-14-26(15-3-1)35-28-18-6-8-20-30(28)36(31-21-9-7-19-29(31)35)37-33-22-10-11-24-34(33)39-38(37)32-23-12-16-25-13-4-5-17-27(25)32;22-21(23)20-17-12-6-4-10-15(17)19(14-8-2-1-3-9-14)16-11-5-7-13-18(16)20;19-17-15-9-3-4-11-16(15)20-18(17)14-10-5-7-12-6-1-2-8-13(12)14/h1-24H;1-13,22-23H;1-11H/i1D,2D,3D,14D,15D;1D,2D,3D,8D,9D;. The summed E-state index contributed by atoms with van der Waals surface area (Å²) in [6.45, 7) is 0. The predicted molar refractivity (Wildman–Crippen MR) is 349 cm³/mol. The lowest BCUT2D eigenvalue weighted by atomic mass is 9.72. The van der Waals surface area contributed by atoms with Crippen molar-refractivity contribution < 1.29 is 32.6 Å². The molecular formula is C76H50BBrO4. The highest BCUT2D eigenvalue weighted by atomic mass is 79.9. The van der Waals surface area contributed by atoms with E-state index in [1.165, 1.54) is 10.8 Å². The highest BCUT2D eigenvalue weighted by Gasteiger charge is 2.26. The highest BCUT2D eigenvalue weighted by Crippen LogP contribution is 2.50. The van der Waals surface area contributed by atoms with E-state index >= 15 is 0 Å². The fourth-order valence-electron chi connectivity index (χ4n) is 11.6. The second kappa shape index (κ2) is 21.7. The van der Waals surface area contributed by atoms with Crippen molar-refractivity contribution in [3.63, 3.8) is 0 Å². The van der Waals surface area contributed by atoms with Crippen molar-refractivity contribution >= 4 is 115 Å². The number of halogens is 1. The van der Waals surface area contributed by atoms with Crippen LogP contribution in [0.15, 0.2) is 304 Å². The van der Waals surface area contributed by atoms with Gasteiger partial charge in [-0.25, -0.2) is 0 Å². The van der Waals surface area contributed by atoms with E-state index in [4.69, 9.17) is 22.5 Å². The van der Waals surface area contributed by atoms with E-state index in [2.05, 4.69) is 94.8 Å². The van der Waals surface area contributed by atoms with E-state index in [9.17, 15) is 10.0 Å². The van der Waals surface area contributed by atoms with Crippen molar-refractivity contribution in [1.82, 2.24) is 0 Å². The molecule has 16 rings (SSSR count). The topological polar surface area (TPSA) is 66.7 Å². The molecule has 2 heterocycles. The molecule has 82 heavy (non-hydrogen) atoms. The average molecular weight is 1130 g/mol. The molecule has 2 aromatic heterocycles. The van der Waals surface area contributed by atoms with Crippen LogP contribution in [0.3, 0.4) is 0 Å². The van der Waals surface area contributed by atoms with E-state index in [0.717, 1.165) is 92.5 Å². The number of rotatable bonds is 6. The van der Waals surface area contributed by atoms with Gasteiger partial charge in [0.15, 0.2) is 0 Å². The summed E-state index contributed by atoms with van der Waals surface area (Å²) in [5, 5.41) is 32.4. The summed E-state index contributed by atoms with van der Waals surface area (Å²) in [6, 6.07) is 71.8. The molecule has 0 saturated heterocycles. The van der Waals surface area contributed by atoms with E-state index in [1.54, 1.807) is 48.5 Å². The zero-order valence-corrected chi connectivity index (χ0v) is 45.2. The molecular weight excluding hydrogens is 1070 g/mol. The normalized spacial score (nSPS) is 13.1. The number of furan rings is 2. The average Bonchev–Trinajstić information content (AvgIpc) is 1.08. The van der Waals surface area contributed by atoms with Crippen molar-refractivity contribution in [3.05, 3.63) is 295 Å². The van der Waals surface area contributed by atoms with E-state index in [-0.39, 0.29) is 47.4 Å². The Morgan fingerprint density at radius 3 is 1.09 bits per heavy atom. The van der Waals surface area contributed by atoms with Gasteiger partial charge in [0, 0.05) is 33.0 Å². The van der Waals surface area contributed by atoms with Gasteiger partial charge >= 0.3 is 7.12 Å². The summed E-state index contributed by atoms with van der Waals surface area (Å²) in [7, 11) is -1.72. The van der Waals surface area contributed by atoms with Crippen LogP contribution in [0.25, 0.3) is 143 Å². The Labute approximate surface area is 496 Å². The first kappa shape index (κ1) is 40.4. The molecule has 0 aliphatic rings. The van der Waals surface area contributed by atoms with Gasteiger partial charge in [0.25, 0.3) is 0 Å². The molecule has 0 spiro atoms. The van der Waals surface area contributed by atoms with Crippen LogP contribution in [0.1, 0.15) is 13.7 Å². The minimum Gasteiger partial charge on any atom is -0.455 e. The number of para-hydroxylation sites is 2. The van der Waals surface area contributed by atoms with Crippen LogP contribution in [0.5, 0.6) is 0 Å². The SMILES string of the molecule is Brc1c(-c2cccc3ccccc23)oc2ccccc12.[2H]c1c([2H])c([2H])c(-c2c3ccccc3c(-c3c(-c4cccc5ccccc45)oc4ccccc34)c3ccccc23)c([2H])c1[2H].[2H]c1c([2H])c([2H])c(-c2c3ccccc3c(B(O)O)c3ccccc23)c([2H])c1[2H]. The summed E-state index contributed by atoms with van der Waals surface area (Å²) in [5.41, 5.74) is 7.42. The first-order valence-corrected chi connectivity index (χ1v) is 27.5. The van der Waals surface area contributed by atoms with Crippen molar-refractivity contribution in [2.45, 2.75) is 0 Å². The van der Waals surface area contributed by atoms with Gasteiger partial charge in [0.05, 0.1) is 18.2 Å². The van der Waals surface area contributed by atoms with Crippen molar-refractivity contribution in [1.29, 1.82) is 0 Å². The Kier molecular flexibility index (Phi) is 10.7. The zero-order chi connectivity index (χ0) is 63.8. The van der Waals surface area contributed by atoms with Crippen LogP contribution in [-0.2, 0) is 0 Å². The van der Waals surface area contributed by atoms with Crippen molar-refractivity contribution in [3.8, 4) is 56.0 Å². The fourth-order valence-corrected chi connectivity index (χ4v) is 12.3. The van der Waals surface area contributed by atoms with Crippen LogP contribution in [-0.4, -0.2) is 17.2 Å². The first-order chi connectivity index (χ1) is 44.6. The lowest BCUT2D eigenvalue weighted by Crippen LogP contribution is -2.31. The van der Waals surface area contributed by atoms with Crippen LogP contribution in [0, 0.1) is 0 Å². The molecule has 0 atom stereocenters. The Balaban J connectivity index is 0.000000131. The molecule has 0 radical (unpaired) electrons. The molecule has 0 bridgehead atoms. The number of fused-ring (bicyclic) bond motifs is 8. The molecule has 6 heteroatoms. The molecule has 16 aromatic rings. The van der Waals surface area contributed by atoms with E-state index < -0.39 is 31.3 Å². The second-order valence-corrected chi connectivity index (χ2v) is 20.5. The summed E-state index contributed by atoms with van der Waals surface area (Å²) in [5.74, 6) is 1.65. The van der Waals surface area contributed by atoms with Gasteiger partial charge < -0.3 is 18.9 Å². The summed E-state index contributed by atoms with van der Waals surface area (Å²) in [6.07, 6.45) is 0. The lowest BCUT2D eigenvalue weighted by molar-refractivity contribution is 0.426. The maximum atomic E-state index is 10.0.